The minimum Gasteiger partial charge on any atom is -0.270 e. The van der Waals surface area contributed by atoms with Gasteiger partial charge in [0.2, 0.25) is 5.28 Å². The second-order valence-electron chi connectivity index (χ2n) is 3.36. The summed E-state index contributed by atoms with van der Waals surface area (Å²) >= 11 is 6.52. The number of halogens is 2. The quantitative estimate of drug-likeness (QED) is 0.685. The van der Waals surface area contributed by atoms with Crippen molar-refractivity contribution in [3.05, 3.63) is 27.8 Å². The van der Waals surface area contributed by atoms with E-state index in [1.54, 1.807) is 0 Å². The zero-order valence-electron chi connectivity index (χ0n) is 9.35. The summed E-state index contributed by atoms with van der Waals surface area (Å²) in [5, 5.41) is 6.45. The van der Waals surface area contributed by atoms with Crippen LogP contribution >= 0.6 is 23.4 Å². The number of nitrogens with zero attached hydrogens (tertiary/aromatic N) is 4. The first-order valence-electron chi connectivity index (χ1n) is 5.13. The molecule has 0 unspecified atom stereocenters. The highest BCUT2D eigenvalue weighted by molar-refractivity contribution is 7.99. The van der Waals surface area contributed by atoms with Crippen LogP contribution in [0.4, 0.5) is 4.39 Å². The summed E-state index contributed by atoms with van der Waals surface area (Å²) in [5.74, 6) is -0.608. The fourth-order valence-corrected chi connectivity index (χ4v) is 2.31. The van der Waals surface area contributed by atoms with Crippen LogP contribution in [0.15, 0.2) is 21.2 Å². The lowest BCUT2D eigenvalue weighted by atomic mass is 10.5. The Bertz CT molecular complexity index is 613. The van der Waals surface area contributed by atoms with E-state index in [1.807, 2.05) is 6.92 Å². The van der Waals surface area contributed by atoms with E-state index in [4.69, 9.17) is 11.6 Å². The summed E-state index contributed by atoms with van der Waals surface area (Å²) in [6, 6.07) is 0. The summed E-state index contributed by atoms with van der Waals surface area (Å²) in [6.45, 7) is 2.42. The lowest BCUT2D eigenvalue weighted by molar-refractivity contribution is 0.574. The van der Waals surface area contributed by atoms with Gasteiger partial charge in [0.15, 0.2) is 11.0 Å². The van der Waals surface area contributed by atoms with Crippen molar-refractivity contribution < 1.29 is 4.39 Å². The fraction of sp³-hybridized carbons (Fsp3) is 0.333. The Morgan fingerprint density at radius 3 is 3.11 bits per heavy atom. The standard InChI is InChI=1S/C9H9ClFN5OS/c1-2-3-16-8(17)14-15-9(16)18-6-5(11)4-12-7(10)13-6/h4H,2-3H2,1H3,(H,14,17). The predicted octanol–water partition coefficient (Wildman–Crippen LogP) is 1.72. The molecule has 1 N–H and O–H groups in total. The van der Waals surface area contributed by atoms with Gasteiger partial charge in [0.1, 0.15) is 5.03 Å². The maximum absolute atomic E-state index is 13.4. The summed E-state index contributed by atoms with van der Waals surface area (Å²) < 4.78 is 14.9. The van der Waals surface area contributed by atoms with Gasteiger partial charge in [-0.1, -0.05) is 6.92 Å². The molecule has 0 spiro atoms. The molecule has 0 amide bonds. The monoisotopic (exact) mass is 289 g/mol. The summed E-state index contributed by atoms with van der Waals surface area (Å²) in [6.07, 6.45) is 1.74. The van der Waals surface area contributed by atoms with Gasteiger partial charge in [-0.15, -0.1) is 5.10 Å². The van der Waals surface area contributed by atoms with Crippen LogP contribution in [-0.2, 0) is 6.54 Å². The second kappa shape index (κ2) is 5.49. The van der Waals surface area contributed by atoms with Crippen molar-refractivity contribution in [2.75, 3.05) is 0 Å². The van der Waals surface area contributed by atoms with Crippen molar-refractivity contribution in [3.8, 4) is 0 Å². The van der Waals surface area contributed by atoms with Crippen LogP contribution < -0.4 is 5.69 Å². The third-order valence-electron chi connectivity index (χ3n) is 2.04. The van der Waals surface area contributed by atoms with Crippen molar-refractivity contribution in [1.82, 2.24) is 24.7 Å². The van der Waals surface area contributed by atoms with E-state index in [0.29, 0.717) is 11.7 Å². The van der Waals surface area contributed by atoms with E-state index in [0.717, 1.165) is 24.4 Å². The number of nitrogens with one attached hydrogen (secondary N) is 1. The van der Waals surface area contributed by atoms with Crippen LogP contribution in [-0.4, -0.2) is 24.7 Å². The molecular weight excluding hydrogens is 281 g/mol. The van der Waals surface area contributed by atoms with E-state index < -0.39 is 5.82 Å². The number of rotatable bonds is 4. The van der Waals surface area contributed by atoms with Crippen LogP contribution in [0.25, 0.3) is 0 Å². The molecule has 0 aliphatic rings. The van der Waals surface area contributed by atoms with Crippen molar-refractivity contribution in [1.29, 1.82) is 0 Å². The van der Waals surface area contributed by atoms with Gasteiger partial charge in [-0.2, -0.15) is 0 Å². The molecule has 0 aliphatic carbocycles. The first-order chi connectivity index (χ1) is 8.61. The Morgan fingerprint density at radius 1 is 1.61 bits per heavy atom. The molecule has 2 heterocycles. The SMILES string of the molecule is CCCn1c(Sc2nc(Cl)ncc2F)n[nH]c1=O. The molecule has 2 aromatic rings. The highest BCUT2D eigenvalue weighted by Crippen LogP contribution is 2.26. The van der Waals surface area contributed by atoms with E-state index in [1.165, 1.54) is 4.57 Å². The average molecular weight is 290 g/mol. The van der Waals surface area contributed by atoms with Gasteiger partial charge >= 0.3 is 5.69 Å². The summed E-state index contributed by atoms with van der Waals surface area (Å²) in [4.78, 5) is 18.7. The maximum Gasteiger partial charge on any atom is 0.343 e. The number of hydrogen-bond donors (Lipinski definition) is 1. The Balaban J connectivity index is 2.34. The molecule has 9 heteroatoms. The number of aromatic nitrogens is 5. The van der Waals surface area contributed by atoms with Crippen molar-refractivity contribution in [3.63, 3.8) is 0 Å². The molecule has 0 radical (unpaired) electrons. The van der Waals surface area contributed by atoms with Gasteiger partial charge in [0.25, 0.3) is 0 Å². The largest absolute Gasteiger partial charge is 0.343 e. The van der Waals surface area contributed by atoms with E-state index in [9.17, 15) is 9.18 Å². The minimum absolute atomic E-state index is 0.0337. The first kappa shape index (κ1) is 13.0. The van der Waals surface area contributed by atoms with Gasteiger partial charge in [0, 0.05) is 6.54 Å². The molecule has 0 bridgehead atoms. The molecular formula is C9H9ClFN5OS. The van der Waals surface area contributed by atoms with E-state index >= 15 is 0 Å². The topological polar surface area (TPSA) is 76.5 Å². The molecule has 2 rings (SSSR count). The van der Waals surface area contributed by atoms with Gasteiger partial charge in [-0.05, 0) is 29.8 Å². The molecule has 2 aromatic heterocycles. The summed E-state index contributed by atoms with van der Waals surface area (Å²) in [5.41, 5.74) is -0.333. The predicted molar refractivity (Wildman–Crippen MR) is 64.3 cm³/mol. The highest BCUT2D eigenvalue weighted by atomic mass is 35.5. The minimum atomic E-state index is -0.608. The Labute approximate surface area is 111 Å². The zero-order valence-corrected chi connectivity index (χ0v) is 10.9. The van der Waals surface area contributed by atoms with Gasteiger partial charge < -0.3 is 0 Å². The molecule has 0 saturated heterocycles. The smallest absolute Gasteiger partial charge is 0.270 e. The maximum atomic E-state index is 13.4. The van der Waals surface area contributed by atoms with Crippen LogP contribution in [0.5, 0.6) is 0 Å². The number of aromatic amines is 1. The highest BCUT2D eigenvalue weighted by Gasteiger charge is 2.14. The first-order valence-corrected chi connectivity index (χ1v) is 6.32. The van der Waals surface area contributed by atoms with Crippen LogP contribution in [0, 0.1) is 5.82 Å². The lowest BCUT2D eigenvalue weighted by Gasteiger charge is -2.03. The van der Waals surface area contributed by atoms with Gasteiger partial charge in [-0.25, -0.2) is 24.3 Å². The molecule has 0 aromatic carbocycles. The second-order valence-corrected chi connectivity index (χ2v) is 4.65. The van der Waals surface area contributed by atoms with Gasteiger partial charge in [0.05, 0.1) is 6.20 Å². The Morgan fingerprint density at radius 2 is 2.39 bits per heavy atom. The van der Waals surface area contributed by atoms with Crippen LogP contribution in [0.2, 0.25) is 5.28 Å². The third-order valence-corrected chi connectivity index (χ3v) is 3.20. The molecule has 0 aliphatic heterocycles. The van der Waals surface area contributed by atoms with Crippen molar-refractivity contribution in [2.45, 2.75) is 30.1 Å². The summed E-state index contributed by atoms with van der Waals surface area (Å²) in [7, 11) is 0. The lowest BCUT2D eigenvalue weighted by Crippen LogP contribution is -2.17. The molecule has 96 valence electrons. The molecule has 0 atom stereocenters. The Kier molecular flexibility index (Phi) is 3.97. The van der Waals surface area contributed by atoms with Crippen LogP contribution in [0.3, 0.4) is 0 Å². The van der Waals surface area contributed by atoms with E-state index in [-0.39, 0.29) is 16.0 Å². The fourth-order valence-electron chi connectivity index (χ4n) is 1.29. The number of hydrogen-bond acceptors (Lipinski definition) is 5. The number of H-pyrrole nitrogens is 1. The van der Waals surface area contributed by atoms with Crippen LogP contribution in [0.1, 0.15) is 13.3 Å². The zero-order chi connectivity index (χ0) is 13.1. The molecule has 0 fully saturated rings. The molecule has 18 heavy (non-hydrogen) atoms. The molecule has 0 saturated carbocycles. The van der Waals surface area contributed by atoms with Crippen molar-refractivity contribution in [2.24, 2.45) is 0 Å². The normalized spacial score (nSPS) is 10.8. The van der Waals surface area contributed by atoms with Crippen molar-refractivity contribution >= 4 is 23.4 Å². The molecule has 6 nitrogen and oxygen atoms in total. The third kappa shape index (κ3) is 2.70. The Hall–Kier alpha value is -1.41. The van der Waals surface area contributed by atoms with Gasteiger partial charge in [-0.3, -0.25) is 4.57 Å². The average Bonchev–Trinajstić information content (AvgIpc) is 2.67. The van der Waals surface area contributed by atoms with E-state index in [2.05, 4.69) is 20.2 Å².